The van der Waals surface area contributed by atoms with E-state index in [1.807, 2.05) is 41.3 Å². The zero-order valence-corrected chi connectivity index (χ0v) is 18.2. The Morgan fingerprint density at radius 3 is 2.55 bits per heavy atom. The fourth-order valence-corrected chi connectivity index (χ4v) is 3.90. The van der Waals surface area contributed by atoms with Crippen molar-refractivity contribution in [2.45, 2.75) is 20.5 Å². The van der Waals surface area contributed by atoms with E-state index in [1.165, 1.54) is 6.07 Å². The van der Waals surface area contributed by atoms with Crippen LogP contribution in [0.25, 0.3) is 11.6 Å². The topological polar surface area (TPSA) is 29.5 Å². The molecule has 3 aromatic rings. The third-order valence-corrected chi connectivity index (χ3v) is 5.41. The molecule has 1 aliphatic heterocycles. The van der Waals surface area contributed by atoms with Gasteiger partial charge in [0.05, 0.1) is 10.7 Å². The molecule has 0 saturated heterocycles. The predicted octanol–water partition coefficient (Wildman–Crippen LogP) is 6.60. The molecule has 31 heavy (non-hydrogen) atoms. The molecule has 0 saturated carbocycles. The second-order valence-corrected chi connectivity index (χ2v) is 8.36. The predicted molar refractivity (Wildman–Crippen MR) is 124 cm³/mol. The first-order valence-electron chi connectivity index (χ1n) is 10.2. The van der Waals surface area contributed by atoms with Gasteiger partial charge in [-0.3, -0.25) is 4.79 Å². The molecule has 158 valence electrons. The molecule has 5 heteroatoms. The number of benzene rings is 3. The van der Waals surface area contributed by atoms with Gasteiger partial charge >= 0.3 is 0 Å². The molecule has 0 aliphatic carbocycles. The number of carbonyl (C=O) groups is 1. The van der Waals surface area contributed by atoms with E-state index in [1.54, 1.807) is 30.3 Å². The number of para-hydroxylation sites is 1. The van der Waals surface area contributed by atoms with Crippen LogP contribution in [0.3, 0.4) is 0 Å². The lowest BCUT2D eigenvalue weighted by molar-refractivity contribution is -0.113. The normalized spacial score (nSPS) is 14.4. The van der Waals surface area contributed by atoms with Gasteiger partial charge in [0, 0.05) is 23.2 Å². The summed E-state index contributed by atoms with van der Waals surface area (Å²) in [4.78, 5) is 14.9. The maximum Gasteiger partial charge on any atom is 0.259 e. The van der Waals surface area contributed by atoms with Crippen LogP contribution >= 0.6 is 11.6 Å². The lowest BCUT2D eigenvalue weighted by atomic mass is 10.0. The van der Waals surface area contributed by atoms with Crippen molar-refractivity contribution < 1.29 is 13.9 Å². The number of halogens is 2. The minimum atomic E-state index is -0.315. The second kappa shape index (κ2) is 8.94. The van der Waals surface area contributed by atoms with Crippen molar-refractivity contribution >= 4 is 34.8 Å². The number of hydrogen-bond donors (Lipinski definition) is 0. The molecule has 0 bridgehead atoms. The van der Waals surface area contributed by atoms with Crippen LogP contribution in [-0.2, 0) is 11.4 Å². The van der Waals surface area contributed by atoms with Gasteiger partial charge in [-0.15, -0.1) is 0 Å². The quantitative estimate of drug-likeness (QED) is 0.408. The molecule has 0 atom stereocenters. The Morgan fingerprint density at radius 2 is 1.81 bits per heavy atom. The Bertz CT molecular complexity index is 1160. The molecule has 1 aliphatic rings. The fraction of sp³-hybridized carbons (Fsp3) is 0.192. The second-order valence-electron chi connectivity index (χ2n) is 7.95. The van der Waals surface area contributed by atoms with Crippen molar-refractivity contribution in [1.29, 1.82) is 0 Å². The molecule has 1 heterocycles. The summed E-state index contributed by atoms with van der Waals surface area (Å²) < 4.78 is 19.5. The first kappa shape index (κ1) is 21.1. The van der Waals surface area contributed by atoms with Crippen molar-refractivity contribution in [2.24, 2.45) is 5.92 Å². The van der Waals surface area contributed by atoms with Crippen molar-refractivity contribution in [3.05, 3.63) is 94.3 Å². The van der Waals surface area contributed by atoms with Crippen LogP contribution in [0.5, 0.6) is 5.75 Å². The number of nitrogens with zero attached hydrogens (tertiary/aromatic N) is 1. The van der Waals surface area contributed by atoms with E-state index in [-0.39, 0.29) is 18.3 Å². The molecule has 3 nitrogen and oxygen atoms in total. The lowest BCUT2D eigenvalue weighted by Crippen LogP contribution is -2.30. The highest BCUT2D eigenvalue weighted by Crippen LogP contribution is 2.38. The summed E-state index contributed by atoms with van der Waals surface area (Å²) in [7, 11) is 0. The molecule has 1 amide bonds. The third-order valence-electron chi connectivity index (χ3n) is 5.12. The summed E-state index contributed by atoms with van der Waals surface area (Å²) in [5.41, 5.74) is 3.76. The van der Waals surface area contributed by atoms with E-state index >= 15 is 0 Å². The van der Waals surface area contributed by atoms with Crippen molar-refractivity contribution in [3.63, 3.8) is 0 Å². The Kier molecular flexibility index (Phi) is 6.10. The molecule has 0 N–H and O–H groups in total. The van der Waals surface area contributed by atoms with Crippen molar-refractivity contribution in [1.82, 2.24) is 0 Å². The van der Waals surface area contributed by atoms with Gasteiger partial charge in [-0.2, -0.15) is 0 Å². The highest BCUT2D eigenvalue weighted by atomic mass is 35.5. The zero-order chi connectivity index (χ0) is 22.0. The minimum Gasteiger partial charge on any atom is -0.487 e. The number of amides is 1. The van der Waals surface area contributed by atoms with Crippen LogP contribution in [0.1, 0.15) is 30.5 Å². The third kappa shape index (κ3) is 4.49. The van der Waals surface area contributed by atoms with Crippen molar-refractivity contribution in [2.75, 3.05) is 11.4 Å². The molecule has 0 unspecified atom stereocenters. The van der Waals surface area contributed by atoms with Crippen LogP contribution in [0.4, 0.5) is 10.1 Å². The Balaban J connectivity index is 1.58. The van der Waals surface area contributed by atoms with Gasteiger partial charge in [-0.25, -0.2) is 4.39 Å². The smallest absolute Gasteiger partial charge is 0.259 e. The minimum absolute atomic E-state index is 0.00842. The molecule has 0 spiro atoms. The molecule has 0 aromatic heterocycles. The van der Waals surface area contributed by atoms with Gasteiger partial charge < -0.3 is 9.64 Å². The molecular formula is C26H23ClFNO2. The Hall–Kier alpha value is -3.11. The van der Waals surface area contributed by atoms with E-state index < -0.39 is 0 Å². The van der Waals surface area contributed by atoms with E-state index in [0.717, 1.165) is 16.8 Å². The number of fused-ring (bicyclic) bond motifs is 1. The van der Waals surface area contributed by atoms with Gasteiger partial charge in [0.25, 0.3) is 5.91 Å². The van der Waals surface area contributed by atoms with E-state index in [9.17, 15) is 9.18 Å². The summed E-state index contributed by atoms with van der Waals surface area (Å²) in [6, 6.07) is 19.6. The van der Waals surface area contributed by atoms with Gasteiger partial charge in [0.15, 0.2) is 0 Å². The first-order chi connectivity index (χ1) is 14.9. The summed E-state index contributed by atoms with van der Waals surface area (Å²) in [6.07, 6.45) is 1.86. The average molecular weight is 436 g/mol. The molecule has 0 radical (unpaired) electrons. The molecule has 3 aromatic carbocycles. The molecule has 4 rings (SSSR count). The first-order valence-corrected chi connectivity index (χ1v) is 10.6. The number of hydrogen-bond acceptors (Lipinski definition) is 2. The Morgan fingerprint density at radius 1 is 1.06 bits per heavy atom. The van der Waals surface area contributed by atoms with Crippen LogP contribution in [0.15, 0.2) is 66.7 Å². The van der Waals surface area contributed by atoms with Gasteiger partial charge in [-0.05, 0) is 41.8 Å². The summed E-state index contributed by atoms with van der Waals surface area (Å²) in [5.74, 6) is 0.499. The van der Waals surface area contributed by atoms with Gasteiger partial charge in [-0.1, -0.05) is 67.9 Å². The number of ether oxygens (including phenoxy) is 1. The number of carbonyl (C=O) groups excluding carboxylic acids is 1. The van der Waals surface area contributed by atoms with Gasteiger partial charge in [0.1, 0.15) is 18.2 Å². The summed E-state index contributed by atoms with van der Waals surface area (Å²) >= 11 is 6.41. The van der Waals surface area contributed by atoms with E-state index in [0.29, 0.717) is 34.4 Å². The lowest BCUT2D eigenvalue weighted by Gasteiger charge is -2.19. The fourth-order valence-electron chi connectivity index (χ4n) is 3.65. The highest BCUT2D eigenvalue weighted by Gasteiger charge is 2.32. The van der Waals surface area contributed by atoms with Gasteiger partial charge in [0.2, 0.25) is 0 Å². The Labute approximate surface area is 186 Å². The number of rotatable bonds is 6. The maximum absolute atomic E-state index is 13.8. The zero-order valence-electron chi connectivity index (χ0n) is 17.4. The van der Waals surface area contributed by atoms with Crippen LogP contribution in [-0.4, -0.2) is 12.5 Å². The molecule has 0 fully saturated rings. The molecular weight excluding hydrogens is 413 g/mol. The highest BCUT2D eigenvalue weighted by molar-refractivity contribution is 6.36. The van der Waals surface area contributed by atoms with Crippen LogP contribution in [0.2, 0.25) is 5.02 Å². The summed E-state index contributed by atoms with van der Waals surface area (Å²) in [5, 5.41) is 0.406. The van der Waals surface area contributed by atoms with Crippen molar-refractivity contribution in [3.8, 4) is 5.75 Å². The largest absolute Gasteiger partial charge is 0.487 e. The number of anilines is 1. The van der Waals surface area contributed by atoms with E-state index in [4.69, 9.17) is 16.3 Å². The monoisotopic (exact) mass is 435 g/mol. The average Bonchev–Trinajstić information content (AvgIpc) is 3.00. The standard InChI is InChI=1S/C26H23ClFNO2/c1-17(2)15-29-24-10-6-4-8-20(24)21(26(29)30)13-18-11-12-25(22(27)14-18)31-16-19-7-3-5-9-23(19)28/h3-14,17H,15-16H2,1-2H3/b21-13-. The van der Waals surface area contributed by atoms with E-state index in [2.05, 4.69) is 13.8 Å². The van der Waals surface area contributed by atoms with Crippen LogP contribution < -0.4 is 9.64 Å². The SMILES string of the molecule is CC(C)CN1C(=O)/C(=C\c2ccc(OCc3ccccc3F)c(Cl)c2)c2ccccc21. The van der Waals surface area contributed by atoms with Crippen LogP contribution in [0, 0.1) is 11.7 Å². The maximum atomic E-state index is 13.8. The summed E-state index contributed by atoms with van der Waals surface area (Å²) in [6.45, 7) is 4.94.